The van der Waals surface area contributed by atoms with E-state index in [4.69, 9.17) is 14.5 Å². The molecule has 0 aromatic heterocycles. The highest BCUT2D eigenvalue weighted by Gasteiger charge is 2.32. The minimum absolute atomic E-state index is 0. The van der Waals surface area contributed by atoms with E-state index in [1.807, 2.05) is 11.8 Å². The van der Waals surface area contributed by atoms with Gasteiger partial charge >= 0.3 is 0 Å². The lowest BCUT2D eigenvalue weighted by molar-refractivity contribution is 0.0277. The highest BCUT2D eigenvalue weighted by atomic mass is 127. The molecule has 1 heterocycles. The van der Waals surface area contributed by atoms with Crippen molar-refractivity contribution in [1.82, 2.24) is 10.6 Å². The molecule has 1 aliphatic heterocycles. The van der Waals surface area contributed by atoms with Crippen molar-refractivity contribution in [1.29, 1.82) is 0 Å². The van der Waals surface area contributed by atoms with Crippen molar-refractivity contribution in [2.75, 3.05) is 45.2 Å². The quantitative estimate of drug-likeness (QED) is 0.199. The van der Waals surface area contributed by atoms with Gasteiger partial charge in [0.25, 0.3) is 0 Å². The number of nitrogens with one attached hydrogen (secondary N) is 2. The third-order valence-corrected chi connectivity index (χ3v) is 6.68. The van der Waals surface area contributed by atoms with Crippen LogP contribution in [0.15, 0.2) is 4.99 Å². The zero-order valence-electron chi connectivity index (χ0n) is 17.3. The van der Waals surface area contributed by atoms with Gasteiger partial charge in [0.05, 0.1) is 12.6 Å². The second-order valence-corrected chi connectivity index (χ2v) is 9.07. The van der Waals surface area contributed by atoms with Gasteiger partial charge in [-0.25, -0.2) is 0 Å². The highest BCUT2D eigenvalue weighted by Crippen LogP contribution is 2.35. The first-order chi connectivity index (χ1) is 12.8. The van der Waals surface area contributed by atoms with Gasteiger partial charge < -0.3 is 20.1 Å². The van der Waals surface area contributed by atoms with Crippen LogP contribution in [-0.2, 0) is 9.47 Å². The predicted octanol–water partition coefficient (Wildman–Crippen LogP) is 4.20. The Labute approximate surface area is 187 Å². The van der Waals surface area contributed by atoms with E-state index in [1.54, 1.807) is 0 Å². The Balaban J connectivity index is 0.00000364. The number of thioether (sulfide) groups is 1. The molecule has 1 aliphatic carbocycles. The summed E-state index contributed by atoms with van der Waals surface area (Å²) in [4.78, 5) is 4.89. The van der Waals surface area contributed by atoms with Gasteiger partial charge in [0, 0.05) is 37.7 Å². The standard InChI is InChI=1S/C20H39N3O2S.HI/c1-3-21-19(22-13-8-14-25-18-9-6-5-7-10-18)23-17-20(26-4-2)11-15-24-16-12-20;/h18H,3-17H2,1-2H3,(H2,21,22,23);1H. The second kappa shape index (κ2) is 15.2. The van der Waals surface area contributed by atoms with Crippen LogP contribution in [0.3, 0.4) is 0 Å². The van der Waals surface area contributed by atoms with Crippen LogP contribution in [0.4, 0.5) is 0 Å². The Morgan fingerprint density at radius 3 is 2.56 bits per heavy atom. The third kappa shape index (κ3) is 10.0. The summed E-state index contributed by atoms with van der Waals surface area (Å²) in [5, 5.41) is 6.86. The fourth-order valence-corrected chi connectivity index (χ4v) is 4.95. The molecule has 2 rings (SSSR count). The van der Waals surface area contributed by atoms with Crippen molar-refractivity contribution in [2.24, 2.45) is 4.99 Å². The molecule has 0 aromatic carbocycles. The lowest BCUT2D eigenvalue weighted by Gasteiger charge is -2.35. The van der Waals surface area contributed by atoms with Gasteiger partial charge in [-0.05, 0) is 44.8 Å². The van der Waals surface area contributed by atoms with Gasteiger partial charge in [-0.2, -0.15) is 11.8 Å². The highest BCUT2D eigenvalue weighted by molar-refractivity contribution is 14.0. The Morgan fingerprint density at radius 1 is 1.15 bits per heavy atom. The van der Waals surface area contributed by atoms with E-state index in [-0.39, 0.29) is 28.7 Å². The van der Waals surface area contributed by atoms with Crippen molar-refractivity contribution in [2.45, 2.75) is 76.1 Å². The molecular weight excluding hydrogens is 473 g/mol. The van der Waals surface area contributed by atoms with Gasteiger partial charge in [0.15, 0.2) is 5.96 Å². The van der Waals surface area contributed by atoms with Crippen LogP contribution in [0.5, 0.6) is 0 Å². The first kappa shape index (κ1) is 25.3. The fraction of sp³-hybridized carbons (Fsp3) is 0.950. The van der Waals surface area contributed by atoms with E-state index >= 15 is 0 Å². The Morgan fingerprint density at radius 2 is 1.89 bits per heavy atom. The Kier molecular flexibility index (Phi) is 14.2. The predicted molar refractivity (Wildman–Crippen MR) is 128 cm³/mol. The molecule has 27 heavy (non-hydrogen) atoms. The average Bonchev–Trinajstić information content (AvgIpc) is 2.67. The average molecular weight is 514 g/mol. The van der Waals surface area contributed by atoms with Crippen LogP contribution >= 0.6 is 35.7 Å². The maximum absolute atomic E-state index is 6.01. The summed E-state index contributed by atoms with van der Waals surface area (Å²) in [6.07, 6.45) is 10.3. The molecule has 0 unspecified atom stereocenters. The van der Waals surface area contributed by atoms with Crippen molar-refractivity contribution >= 4 is 41.7 Å². The lowest BCUT2D eigenvalue weighted by atomic mass is 9.98. The van der Waals surface area contributed by atoms with Crippen molar-refractivity contribution < 1.29 is 9.47 Å². The molecule has 0 aromatic rings. The summed E-state index contributed by atoms with van der Waals surface area (Å²) in [6.45, 7) is 9.61. The molecule has 160 valence electrons. The first-order valence-electron chi connectivity index (χ1n) is 10.6. The number of rotatable bonds is 10. The topological polar surface area (TPSA) is 54.9 Å². The number of nitrogens with zero attached hydrogens (tertiary/aromatic N) is 1. The Bertz CT molecular complexity index is 395. The summed E-state index contributed by atoms with van der Waals surface area (Å²) < 4.78 is 11.8. The number of hydrogen-bond donors (Lipinski definition) is 2. The third-order valence-electron chi connectivity index (χ3n) is 5.24. The van der Waals surface area contributed by atoms with E-state index in [9.17, 15) is 0 Å². The van der Waals surface area contributed by atoms with Gasteiger partial charge in [0.2, 0.25) is 0 Å². The summed E-state index contributed by atoms with van der Waals surface area (Å²) in [7, 11) is 0. The molecule has 0 amide bonds. The van der Waals surface area contributed by atoms with E-state index < -0.39 is 0 Å². The van der Waals surface area contributed by atoms with Crippen LogP contribution in [-0.4, -0.2) is 62.0 Å². The van der Waals surface area contributed by atoms with Gasteiger partial charge in [-0.15, -0.1) is 24.0 Å². The zero-order valence-corrected chi connectivity index (χ0v) is 20.4. The SMILES string of the molecule is CCNC(=NCC1(SCC)CCOCC1)NCCCOC1CCCCC1.I. The van der Waals surface area contributed by atoms with Gasteiger partial charge in [-0.1, -0.05) is 26.2 Å². The largest absolute Gasteiger partial charge is 0.381 e. The molecule has 0 bridgehead atoms. The molecule has 2 fully saturated rings. The normalized spacial score (nSPS) is 20.7. The number of ether oxygens (including phenoxy) is 2. The summed E-state index contributed by atoms with van der Waals surface area (Å²) in [5.74, 6) is 2.07. The smallest absolute Gasteiger partial charge is 0.191 e. The monoisotopic (exact) mass is 513 g/mol. The Hall–Kier alpha value is 0.270. The molecule has 1 saturated heterocycles. The number of aliphatic imine (C=N–C) groups is 1. The molecular formula is C20H40IN3O2S. The molecule has 7 heteroatoms. The van der Waals surface area contributed by atoms with Crippen LogP contribution in [0, 0.1) is 0 Å². The summed E-state index contributed by atoms with van der Waals surface area (Å²) >= 11 is 2.04. The van der Waals surface area contributed by atoms with Crippen LogP contribution in [0.1, 0.15) is 65.2 Å². The zero-order chi connectivity index (χ0) is 18.5. The molecule has 0 atom stereocenters. The van der Waals surface area contributed by atoms with Crippen molar-refractivity contribution in [3.05, 3.63) is 0 Å². The first-order valence-corrected chi connectivity index (χ1v) is 11.6. The van der Waals surface area contributed by atoms with E-state index in [0.717, 1.165) is 70.4 Å². The van der Waals surface area contributed by atoms with E-state index in [1.165, 1.54) is 32.1 Å². The van der Waals surface area contributed by atoms with Gasteiger partial charge in [0.1, 0.15) is 0 Å². The fourth-order valence-electron chi connectivity index (χ4n) is 3.72. The summed E-state index contributed by atoms with van der Waals surface area (Å²) in [6, 6.07) is 0. The van der Waals surface area contributed by atoms with Gasteiger partial charge in [-0.3, -0.25) is 4.99 Å². The van der Waals surface area contributed by atoms with E-state index in [2.05, 4.69) is 24.5 Å². The minimum Gasteiger partial charge on any atom is -0.381 e. The maximum Gasteiger partial charge on any atom is 0.191 e. The molecule has 0 spiro atoms. The van der Waals surface area contributed by atoms with Crippen LogP contribution in [0.2, 0.25) is 0 Å². The van der Waals surface area contributed by atoms with Crippen LogP contribution in [0.25, 0.3) is 0 Å². The number of guanidine groups is 1. The second-order valence-electron chi connectivity index (χ2n) is 7.33. The molecule has 2 N–H and O–H groups in total. The number of halogens is 1. The van der Waals surface area contributed by atoms with Crippen LogP contribution < -0.4 is 10.6 Å². The lowest BCUT2D eigenvalue weighted by Crippen LogP contribution is -2.41. The molecule has 1 saturated carbocycles. The molecule has 0 radical (unpaired) electrons. The molecule has 2 aliphatic rings. The van der Waals surface area contributed by atoms with Crippen molar-refractivity contribution in [3.8, 4) is 0 Å². The van der Waals surface area contributed by atoms with Crippen molar-refractivity contribution in [3.63, 3.8) is 0 Å². The maximum atomic E-state index is 6.01. The summed E-state index contributed by atoms with van der Waals surface area (Å²) in [5.41, 5.74) is 0. The molecule has 5 nitrogen and oxygen atoms in total. The number of hydrogen-bond acceptors (Lipinski definition) is 4. The minimum atomic E-state index is 0. The van der Waals surface area contributed by atoms with E-state index in [0.29, 0.717) is 6.10 Å².